The molecule has 135 valence electrons. The van der Waals surface area contributed by atoms with Gasteiger partial charge in [0, 0.05) is 36.3 Å². The molecule has 1 radical (unpaired) electrons. The molecule has 2 aromatic heterocycles. The van der Waals surface area contributed by atoms with Crippen LogP contribution in [0.5, 0.6) is 0 Å². The molecule has 0 amide bonds. The van der Waals surface area contributed by atoms with E-state index < -0.39 is 5.60 Å². The van der Waals surface area contributed by atoms with Crippen LogP contribution in [0.3, 0.4) is 0 Å². The summed E-state index contributed by atoms with van der Waals surface area (Å²) in [5.74, 6) is 1.86. The number of nitrogens with zero attached hydrogens (tertiary/aromatic N) is 2. The molecule has 6 rings (SSSR count). The van der Waals surface area contributed by atoms with Crippen molar-refractivity contribution in [3.63, 3.8) is 0 Å². The summed E-state index contributed by atoms with van der Waals surface area (Å²) < 4.78 is 0. The Kier molecular flexibility index (Phi) is 3.66. The van der Waals surface area contributed by atoms with Gasteiger partial charge in [0.25, 0.3) is 0 Å². The number of hydrazone groups is 1. The van der Waals surface area contributed by atoms with Crippen molar-refractivity contribution in [2.24, 2.45) is 28.8 Å². The van der Waals surface area contributed by atoms with E-state index >= 15 is 0 Å². The maximum absolute atomic E-state index is 10.9. The number of aliphatic hydroxyl groups is 1. The van der Waals surface area contributed by atoms with Crippen molar-refractivity contribution in [3.8, 4) is 0 Å². The third-order valence-corrected chi connectivity index (χ3v) is 6.80. The van der Waals surface area contributed by atoms with Crippen LogP contribution in [-0.4, -0.2) is 45.9 Å². The van der Waals surface area contributed by atoms with E-state index in [0.717, 1.165) is 49.1 Å². The van der Waals surface area contributed by atoms with E-state index in [2.05, 4.69) is 15.4 Å². The van der Waals surface area contributed by atoms with Gasteiger partial charge >= 0.3 is 7.48 Å². The van der Waals surface area contributed by atoms with Gasteiger partial charge in [-0.1, -0.05) is 0 Å². The van der Waals surface area contributed by atoms with E-state index in [-0.39, 0.29) is 0 Å². The molecule has 0 spiro atoms. The number of nitrogens with one attached hydrogen (secondary N) is 2. The Labute approximate surface area is 153 Å². The van der Waals surface area contributed by atoms with Crippen molar-refractivity contribution in [3.05, 3.63) is 24.0 Å². The molecule has 7 heteroatoms. The molecule has 4 aliphatic rings. The fourth-order valence-electron chi connectivity index (χ4n) is 6.25. The molecule has 4 saturated carbocycles. The minimum absolute atomic E-state index is 0.304. The van der Waals surface area contributed by atoms with Crippen LogP contribution in [0.1, 0.15) is 37.7 Å². The lowest BCUT2D eigenvalue weighted by Gasteiger charge is -2.58. The van der Waals surface area contributed by atoms with Crippen LogP contribution in [0.15, 0.2) is 23.6 Å². The average molecular weight is 351 g/mol. The third kappa shape index (κ3) is 2.33. The molecule has 4 fully saturated rings. The Bertz CT molecular complexity index is 864. The molecule has 4 aliphatic carbocycles. The van der Waals surface area contributed by atoms with Crippen molar-refractivity contribution in [1.29, 1.82) is 0 Å². The van der Waals surface area contributed by atoms with Gasteiger partial charge in [0.05, 0.1) is 11.3 Å². The first kappa shape index (κ1) is 16.3. The largest absolute Gasteiger partial charge is 0.450 e. The predicted molar refractivity (Wildman–Crippen MR) is 101 cm³/mol. The zero-order chi connectivity index (χ0) is 17.9. The first-order valence-corrected chi connectivity index (χ1v) is 9.52. The number of fused-ring (bicyclic) bond motifs is 1. The van der Waals surface area contributed by atoms with Gasteiger partial charge in [-0.05, 0) is 61.4 Å². The lowest BCUT2D eigenvalue weighted by molar-refractivity contribution is -0.137. The van der Waals surface area contributed by atoms with E-state index in [9.17, 15) is 10.1 Å². The Hall–Kier alpha value is -1.86. The zero-order valence-electron chi connectivity index (χ0n) is 14.9. The van der Waals surface area contributed by atoms with Gasteiger partial charge in [0.1, 0.15) is 5.65 Å². The number of hydrogen-bond acceptors (Lipinski definition) is 5. The molecule has 2 heterocycles. The molecule has 4 bridgehead atoms. The molecular weight excluding hydrogens is 327 g/mol. The summed E-state index contributed by atoms with van der Waals surface area (Å²) in [5, 5.41) is 26.5. The normalized spacial score (nSPS) is 35.9. The van der Waals surface area contributed by atoms with Gasteiger partial charge in [-0.25, -0.2) is 4.98 Å². The molecule has 6 nitrogen and oxygen atoms in total. The predicted octanol–water partition coefficient (Wildman–Crippen LogP) is 0.910. The molecule has 2 aromatic rings. The second-order valence-corrected chi connectivity index (χ2v) is 8.40. The first-order valence-electron chi connectivity index (χ1n) is 9.52. The van der Waals surface area contributed by atoms with E-state index in [0.29, 0.717) is 29.1 Å². The monoisotopic (exact) mass is 351 g/mol. The number of H-pyrrole nitrogens is 1. The highest BCUT2D eigenvalue weighted by Crippen LogP contribution is 2.59. The average Bonchev–Trinajstić information content (AvgIpc) is 3.07. The summed E-state index contributed by atoms with van der Waals surface area (Å²) in [6.07, 6.45) is 8.62. The van der Waals surface area contributed by atoms with E-state index in [1.54, 1.807) is 6.20 Å². The smallest absolute Gasteiger partial charge is 0.329 e. The van der Waals surface area contributed by atoms with E-state index in [1.165, 1.54) is 12.8 Å². The summed E-state index contributed by atoms with van der Waals surface area (Å²) >= 11 is 0. The molecule has 0 saturated heterocycles. The minimum Gasteiger partial charge on any atom is -0.450 e. The summed E-state index contributed by atoms with van der Waals surface area (Å²) in [7, 11) is 2.95. The highest BCUT2D eigenvalue weighted by atomic mass is 16.3. The second kappa shape index (κ2) is 5.82. The Balaban J connectivity index is 1.65. The molecule has 26 heavy (non-hydrogen) atoms. The lowest BCUT2D eigenvalue weighted by Crippen LogP contribution is -2.57. The van der Waals surface area contributed by atoms with Crippen LogP contribution in [0.25, 0.3) is 11.0 Å². The summed E-state index contributed by atoms with van der Waals surface area (Å²) in [6.45, 7) is 0. The van der Waals surface area contributed by atoms with Gasteiger partial charge in [-0.15, -0.1) is 0 Å². The molecule has 0 aliphatic heterocycles. The molecular formula is C19H24BN4O2. The van der Waals surface area contributed by atoms with Crippen LogP contribution in [-0.2, 0) is 0 Å². The molecule has 5 atom stereocenters. The van der Waals surface area contributed by atoms with Crippen LogP contribution < -0.4 is 10.9 Å². The van der Waals surface area contributed by atoms with Crippen molar-refractivity contribution in [2.75, 3.05) is 7.05 Å². The Morgan fingerprint density at radius 3 is 2.77 bits per heavy atom. The number of hydrogen-bond donors (Lipinski definition) is 4. The van der Waals surface area contributed by atoms with E-state index in [1.807, 2.05) is 19.3 Å². The maximum atomic E-state index is 10.9. The van der Waals surface area contributed by atoms with Crippen molar-refractivity contribution < 1.29 is 10.1 Å². The van der Waals surface area contributed by atoms with Gasteiger partial charge in [0.2, 0.25) is 0 Å². The number of aromatic amines is 1. The first-order chi connectivity index (χ1) is 12.6. The Morgan fingerprint density at radius 2 is 2.12 bits per heavy atom. The van der Waals surface area contributed by atoms with E-state index in [4.69, 9.17) is 5.10 Å². The van der Waals surface area contributed by atoms with Crippen LogP contribution in [0.4, 0.5) is 0 Å². The van der Waals surface area contributed by atoms with Gasteiger partial charge in [-0.2, -0.15) is 5.10 Å². The fourth-order valence-corrected chi connectivity index (χ4v) is 6.25. The fraction of sp³-hybridized carbons (Fsp3) is 0.579. The SMILES string of the molecule is CN/N=C(\c1c([B]O)cnc2[nH]ccc12)C1C2CC3C[C@@H]1CC(O)(C3)C2. The minimum atomic E-state index is -0.467. The molecule has 4 N–H and O–H groups in total. The van der Waals surface area contributed by atoms with Crippen molar-refractivity contribution >= 4 is 29.7 Å². The highest BCUT2D eigenvalue weighted by molar-refractivity contribution is 6.49. The quantitative estimate of drug-likeness (QED) is 0.374. The van der Waals surface area contributed by atoms with Crippen LogP contribution in [0.2, 0.25) is 0 Å². The van der Waals surface area contributed by atoms with Crippen LogP contribution in [0, 0.1) is 23.7 Å². The summed E-state index contributed by atoms with van der Waals surface area (Å²) in [4.78, 5) is 7.56. The van der Waals surface area contributed by atoms with Crippen molar-refractivity contribution in [2.45, 2.75) is 37.7 Å². The number of aromatic nitrogens is 2. The highest BCUT2D eigenvalue weighted by Gasteiger charge is 2.56. The van der Waals surface area contributed by atoms with Gasteiger partial charge in [-0.3, -0.25) is 0 Å². The van der Waals surface area contributed by atoms with Crippen LogP contribution >= 0.6 is 0 Å². The van der Waals surface area contributed by atoms with Gasteiger partial charge < -0.3 is 20.5 Å². The zero-order valence-corrected chi connectivity index (χ0v) is 14.9. The third-order valence-electron chi connectivity index (χ3n) is 6.80. The lowest BCUT2D eigenvalue weighted by atomic mass is 9.49. The summed E-state index contributed by atoms with van der Waals surface area (Å²) in [6, 6.07) is 2.00. The molecule has 0 aromatic carbocycles. The topological polar surface area (TPSA) is 93.5 Å². The van der Waals surface area contributed by atoms with Crippen molar-refractivity contribution in [1.82, 2.24) is 15.4 Å². The number of pyridine rings is 1. The summed E-state index contributed by atoms with van der Waals surface area (Å²) in [5.41, 5.74) is 5.97. The maximum Gasteiger partial charge on any atom is 0.329 e. The number of rotatable bonds is 4. The standard InChI is InChI=1S/C19H24BN4O2/c1-21-24-17(16-13-2-3-22-18(13)23-9-14(16)20-26)15-11-4-10-5-12(15)8-19(25,6-10)7-11/h2-3,9-12,15,21,25-26H,4-8H2,1H3,(H,22,23)/b24-17-/t10?,11-,12?,15?,19?/m1/s1. The van der Waals surface area contributed by atoms with Gasteiger partial charge in [0.15, 0.2) is 0 Å². The second-order valence-electron chi connectivity index (χ2n) is 8.40. The Morgan fingerprint density at radius 1 is 1.35 bits per heavy atom. The molecule has 4 unspecified atom stereocenters.